The molecule has 1 N–H and O–H groups in total. The number of hydrogen-bond acceptors (Lipinski definition) is 11. The van der Waals surface area contributed by atoms with Gasteiger partial charge in [0.05, 0.1) is 33.8 Å². The molecule has 1 aliphatic heterocycles. The molecule has 0 amide bonds. The summed E-state index contributed by atoms with van der Waals surface area (Å²) in [6.07, 6.45) is 8.62. The van der Waals surface area contributed by atoms with E-state index in [0.29, 0.717) is 37.7 Å². The first-order valence-corrected chi connectivity index (χ1v) is 17.1. The van der Waals surface area contributed by atoms with E-state index < -0.39 is 58.6 Å². The number of carbonyl (C=O) groups is 3. The minimum Gasteiger partial charge on any atom is -0.461 e. The minimum absolute atomic E-state index is 0.0906. The molecule has 0 spiro atoms. The summed E-state index contributed by atoms with van der Waals surface area (Å²) in [5, 5.41) is 10.3. The molecule has 0 radical (unpaired) electrons. The second-order valence-corrected chi connectivity index (χ2v) is 14.5. The van der Waals surface area contributed by atoms with Crippen molar-refractivity contribution < 1.29 is 43.5 Å². The number of aromatic nitrogens is 2. The topological polar surface area (TPSA) is 147 Å². The fourth-order valence-electron chi connectivity index (χ4n) is 7.94. The Morgan fingerprint density at radius 3 is 2.16 bits per heavy atom. The van der Waals surface area contributed by atoms with Gasteiger partial charge >= 0.3 is 17.9 Å². The molecule has 11 heteroatoms. The third kappa shape index (κ3) is 7.35. The van der Waals surface area contributed by atoms with Crippen molar-refractivity contribution >= 4 is 17.9 Å². The number of allylic oxidation sites excluding steroid dienone is 1. The van der Waals surface area contributed by atoms with Crippen molar-refractivity contribution in [1.82, 2.24) is 9.97 Å². The summed E-state index contributed by atoms with van der Waals surface area (Å²) < 4.78 is 25.4. The highest BCUT2D eigenvalue weighted by Gasteiger charge is 2.64. The molecule has 2 fully saturated rings. The number of esters is 3. The first kappa shape index (κ1) is 35.4. The van der Waals surface area contributed by atoms with Crippen LogP contribution in [0.2, 0.25) is 0 Å². The molecule has 1 aromatic carbocycles. The lowest BCUT2D eigenvalue weighted by molar-refractivity contribution is -0.332. The molecule has 11 nitrogen and oxygen atoms in total. The third-order valence-electron chi connectivity index (χ3n) is 10.8. The first-order chi connectivity index (χ1) is 24.0. The monoisotopic (exact) mass is 684 g/mol. The quantitative estimate of drug-likeness (QED) is 0.0645. The van der Waals surface area contributed by atoms with Crippen LogP contribution in [0.5, 0.6) is 0 Å². The average Bonchev–Trinajstić information content (AvgIpc) is 3.60. The SMILES string of the molecule is C/C1=C\[C@H](OC(=O)c2cccnc2)[C@@]2(COC(=O)c3ccccc3)CCC(C(C)(C)OO)[C@@H]2C(OC(=O)c2cccnc2)C[C@]2(C)O[C@@H]2CC1. The summed E-state index contributed by atoms with van der Waals surface area (Å²) in [5.41, 5.74) is -1.05. The third-order valence-corrected chi connectivity index (χ3v) is 10.8. The summed E-state index contributed by atoms with van der Waals surface area (Å²) >= 11 is 0. The van der Waals surface area contributed by atoms with Gasteiger partial charge in [-0.25, -0.2) is 19.3 Å². The summed E-state index contributed by atoms with van der Waals surface area (Å²) in [7, 11) is 0. The van der Waals surface area contributed by atoms with Gasteiger partial charge in [-0.2, -0.15) is 0 Å². The van der Waals surface area contributed by atoms with E-state index in [9.17, 15) is 19.6 Å². The Kier molecular flexibility index (Phi) is 10.2. The molecule has 3 aromatic rings. The van der Waals surface area contributed by atoms with Gasteiger partial charge in [0.1, 0.15) is 24.4 Å². The summed E-state index contributed by atoms with van der Waals surface area (Å²) in [4.78, 5) is 54.6. The summed E-state index contributed by atoms with van der Waals surface area (Å²) in [6, 6.07) is 15.2. The maximum absolute atomic E-state index is 13.9. The lowest BCUT2D eigenvalue weighted by Gasteiger charge is -2.46. The van der Waals surface area contributed by atoms with Crippen LogP contribution in [0.4, 0.5) is 0 Å². The number of benzene rings is 1. The highest BCUT2D eigenvalue weighted by molar-refractivity contribution is 5.90. The molecule has 264 valence electrons. The predicted molar refractivity (Wildman–Crippen MR) is 181 cm³/mol. The summed E-state index contributed by atoms with van der Waals surface area (Å²) in [6.45, 7) is 7.35. The van der Waals surface area contributed by atoms with Crippen molar-refractivity contribution in [3.05, 3.63) is 108 Å². The van der Waals surface area contributed by atoms with Gasteiger partial charge in [0.25, 0.3) is 0 Å². The molecule has 1 saturated heterocycles. The van der Waals surface area contributed by atoms with Crippen molar-refractivity contribution in [3.8, 4) is 0 Å². The van der Waals surface area contributed by atoms with E-state index in [1.165, 1.54) is 12.4 Å². The van der Waals surface area contributed by atoms with Gasteiger partial charge in [-0.05, 0) is 102 Å². The fourth-order valence-corrected chi connectivity index (χ4v) is 7.94. The van der Waals surface area contributed by atoms with Crippen LogP contribution in [-0.2, 0) is 23.8 Å². The van der Waals surface area contributed by atoms with E-state index >= 15 is 0 Å². The second kappa shape index (κ2) is 14.4. The van der Waals surface area contributed by atoms with Crippen LogP contribution in [0, 0.1) is 17.3 Å². The number of epoxide rings is 1. The van der Waals surface area contributed by atoms with E-state index in [4.69, 9.17) is 23.8 Å². The number of hydrogen-bond donors (Lipinski definition) is 1. The second-order valence-electron chi connectivity index (χ2n) is 14.5. The van der Waals surface area contributed by atoms with E-state index in [-0.39, 0.29) is 23.8 Å². The molecule has 50 heavy (non-hydrogen) atoms. The standard InChI is InChI=1S/C39H44N2O9/c1-25-14-15-31-38(4,49-31)21-30(47-35(43)27-12-8-18-40-22-27)33-29(37(2,3)50-45)16-17-39(33,24-46-34(42)26-10-6-5-7-11-26)32(20-25)48-36(44)28-13-9-19-41-23-28/h5-13,18-20,22-23,29-33,45H,14-17,21,24H2,1-4H3/b25-20+/t29?,30?,31-,32+,33-,38+,39+/m1/s1. The molecule has 3 heterocycles. The van der Waals surface area contributed by atoms with Crippen LogP contribution in [0.15, 0.2) is 91.0 Å². The van der Waals surface area contributed by atoms with Crippen molar-refractivity contribution in [2.45, 2.75) is 89.3 Å². The van der Waals surface area contributed by atoms with Crippen LogP contribution in [0.3, 0.4) is 0 Å². The molecule has 6 rings (SSSR count). The normalized spacial score (nSPS) is 30.3. The summed E-state index contributed by atoms with van der Waals surface area (Å²) in [5.74, 6) is -2.85. The van der Waals surface area contributed by atoms with E-state index in [1.807, 2.05) is 26.0 Å². The van der Waals surface area contributed by atoms with E-state index in [0.717, 1.165) is 5.57 Å². The number of rotatable bonds is 9. The molecular weight excluding hydrogens is 640 g/mol. The number of nitrogens with zero attached hydrogens (tertiary/aromatic N) is 2. The van der Waals surface area contributed by atoms with Crippen LogP contribution < -0.4 is 0 Å². The van der Waals surface area contributed by atoms with Gasteiger partial charge in [-0.1, -0.05) is 23.8 Å². The Morgan fingerprint density at radius 2 is 1.54 bits per heavy atom. The molecule has 1 saturated carbocycles. The van der Waals surface area contributed by atoms with Crippen molar-refractivity contribution in [2.24, 2.45) is 17.3 Å². The zero-order chi connectivity index (χ0) is 35.5. The molecule has 2 aromatic heterocycles. The lowest BCUT2D eigenvalue weighted by atomic mass is 9.65. The zero-order valence-electron chi connectivity index (χ0n) is 28.8. The first-order valence-electron chi connectivity index (χ1n) is 17.1. The molecule has 2 unspecified atom stereocenters. The predicted octanol–water partition coefficient (Wildman–Crippen LogP) is 6.65. The van der Waals surface area contributed by atoms with Crippen molar-refractivity contribution in [1.29, 1.82) is 0 Å². The number of pyridine rings is 2. The van der Waals surface area contributed by atoms with Crippen LogP contribution in [0.1, 0.15) is 90.9 Å². The maximum Gasteiger partial charge on any atom is 0.340 e. The van der Waals surface area contributed by atoms with E-state index in [1.54, 1.807) is 74.8 Å². The van der Waals surface area contributed by atoms with Crippen LogP contribution >= 0.6 is 0 Å². The zero-order valence-corrected chi connectivity index (χ0v) is 28.8. The van der Waals surface area contributed by atoms with Crippen molar-refractivity contribution in [2.75, 3.05) is 6.61 Å². The lowest BCUT2D eigenvalue weighted by Crippen LogP contribution is -2.54. The Balaban J connectivity index is 1.51. The molecular formula is C39H44N2O9. The number of carbonyl (C=O) groups excluding carboxylic acids is 3. The average molecular weight is 685 g/mol. The van der Waals surface area contributed by atoms with Gasteiger partial charge in [0.15, 0.2) is 0 Å². The van der Waals surface area contributed by atoms with Gasteiger partial charge in [0.2, 0.25) is 0 Å². The smallest absolute Gasteiger partial charge is 0.340 e. The largest absolute Gasteiger partial charge is 0.461 e. The van der Waals surface area contributed by atoms with Gasteiger partial charge in [0, 0.05) is 37.1 Å². The van der Waals surface area contributed by atoms with Crippen LogP contribution in [-0.4, -0.2) is 69.3 Å². The van der Waals surface area contributed by atoms with Gasteiger partial charge in [-0.15, -0.1) is 0 Å². The van der Waals surface area contributed by atoms with Crippen LogP contribution in [0.25, 0.3) is 0 Å². The van der Waals surface area contributed by atoms with Gasteiger partial charge in [-0.3, -0.25) is 15.2 Å². The highest BCUT2D eigenvalue weighted by atomic mass is 17.1. The Morgan fingerprint density at radius 1 is 0.900 bits per heavy atom. The minimum atomic E-state index is -1.14. The highest BCUT2D eigenvalue weighted by Crippen LogP contribution is 2.59. The molecule has 3 aliphatic rings. The van der Waals surface area contributed by atoms with Gasteiger partial charge < -0.3 is 18.9 Å². The Labute approximate surface area is 291 Å². The number of fused-ring (bicyclic) bond motifs is 2. The van der Waals surface area contributed by atoms with Crippen molar-refractivity contribution in [3.63, 3.8) is 0 Å². The number of ether oxygens (including phenoxy) is 4. The fraction of sp³-hybridized carbons (Fsp3) is 0.462. The Hall–Kier alpha value is -4.45. The molecule has 7 atom stereocenters. The molecule has 2 aliphatic carbocycles. The molecule has 0 bridgehead atoms. The maximum atomic E-state index is 13.9. The Bertz CT molecular complexity index is 1700. The van der Waals surface area contributed by atoms with E-state index in [2.05, 4.69) is 9.97 Å².